The number of benzene rings is 2. The van der Waals surface area contributed by atoms with Gasteiger partial charge in [-0.05, 0) is 36.1 Å². The molecule has 1 N–H and O–H groups in total. The van der Waals surface area contributed by atoms with E-state index in [0.29, 0.717) is 17.9 Å². The molecule has 2 unspecified atom stereocenters. The van der Waals surface area contributed by atoms with E-state index in [2.05, 4.69) is 0 Å². The maximum absolute atomic E-state index is 12.1. The van der Waals surface area contributed by atoms with Crippen molar-refractivity contribution in [3.05, 3.63) is 70.7 Å². The van der Waals surface area contributed by atoms with E-state index in [9.17, 15) is 9.90 Å². The molecule has 0 aliphatic carbocycles. The van der Waals surface area contributed by atoms with Crippen molar-refractivity contribution >= 4 is 17.6 Å². The molecule has 122 valence electrons. The number of hydrogen-bond acceptors (Lipinski definition) is 3. The average Bonchev–Trinajstić information content (AvgIpc) is 2.60. The van der Waals surface area contributed by atoms with E-state index in [1.807, 2.05) is 42.5 Å². The fourth-order valence-electron chi connectivity index (χ4n) is 2.71. The van der Waals surface area contributed by atoms with E-state index in [1.54, 1.807) is 12.1 Å². The Morgan fingerprint density at radius 2 is 1.70 bits per heavy atom. The molecule has 0 amide bonds. The van der Waals surface area contributed by atoms with Gasteiger partial charge in [-0.3, -0.25) is 4.79 Å². The number of carbonyl (C=O) groups is 1. The van der Waals surface area contributed by atoms with E-state index < -0.39 is 0 Å². The molecule has 0 spiro atoms. The van der Waals surface area contributed by atoms with Crippen LogP contribution in [0.4, 0.5) is 0 Å². The van der Waals surface area contributed by atoms with Crippen LogP contribution < -0.4 is 0 Å². The largest absolute Gasteiger partial charge is 0.469 e. The molecule has 2 aromatic rings. The Hall–Kier alpha value is -1.84. The molecule has 0 fully saturated rings. The molecule has 2 aromatic carbocycles. The lowest BCUT2D eigenvalue weighted by atomic mass is 9.87. The van der Waals surface area contributed by atoms with Gasteiger partial charge in [0.1, 0.15) is 0 Å². The Morgan fingerprint density at radius 1 is 1.04 bits per heavy atom. The summed E-state index contributed by atoms with van der Waals surface area (Å²) in [5, 5.41) is 10.3. The number of esters is 1. The highest BCUT2D eigenvalue weighted by Gasteiger charge is 2.23. The monoisotopic (exact) mass is 332 g/mol. The predicted molar refractivity (Wildman–Crippen MR) is 91.7 cm³/mol. The molecule has 2 atom stereocenters. The lowest BCUT2D eigenvalue weighted by molar-refractivity contribution is -0.142. The highest BCUT2D eigenvalue weighted by atomic mass is 35.5. The van der Waals surface area contributed by atoms with Crippen molar-refractivity contribution in [1.82, 2.24) is 0 Å². The summed E-state index contributed by atoms with van der Waals surface area (Å²) in [6.45, 7) is 0.0541. The van der Waals surface area contributed by atoms with Crippen LogP contribution in [0.2, 0.25) is 5.02 Å². The van der Waals surface area contributed by atoms with Crippen molar-refractivity contribution in [2.75, 3.05) is 13.7 Å². The van der Waals surface area contributed by atoms with Crippen LogP contribution in [0.25, 0.3) is 0 Å². The van der Waals surface area contributed by atoms with E-state index in [1.165, 1.54) is 7.11 Å². The Balaban J connectivity index is 2.11. The molecule has 0 bridgehead atoms. The van der Waals surface area contributed by atoms with Gasteiger partial charge in [0.25, 0.3) is 0 Å². The number of aliphatic hydroxyl groups is 1. The highest BCUT2D eigenvalue weighted by Crippen LogP contribution is 2.29. The molecule has 4 heteroatoms. The molecule has 3 nitrogen and oxygen atoms in total. The van der Waals surface area contributed by atoms with Crippen LogP contribution in [-0.4, -0.2) is 24.8 Å². The first-order chi connectivity index (χ1) is 11.2. The lowest BCUT2D eigenvalue weighted by Gasteiger charge is -2.19. The van der Waals surface area contributed by atoms with Gasteiger partial charge in [-0.1, -0.05) is 54.1 Å². The van der Waals surface area contributed by atoms with E-state index >= 15 is 0 Å². The summed E-state index contributed by atoms with van der Waals surface area (Å²) in [5.74, 6) is -0.609. The maximum atomic E-state index is 12.1. The Kier molecular flexibility index (Phi) is 6.63. The Morgan fingerprint density at radius 3 is 2.26 bits per heavy atom. The topological polar surface area (TPSA) is 46.5 Å². The van der Waals surface area contributed by atoms with Crippen molar-refractivity contribution in [3.63, 3.8) is 0 Å². The van der Waals surface area contributed by atoms with Gasteiger partial charge in [0.05, 0.1) is 13.0 Å². The molecule has 0 aliphatic rings. The van der Waals surface area contributed by atoms with Gasteiger partial charge in [0, 0.05) is 17.5 Å². The summed E-state index contributed by atoms with van der Waals surface area (Å²) in [6.07, 6.45) is 1.30. The number of ether oxygens (including phenoxy) is 1. The summed E-state index contributed by atoms with van der Waals surface area (Å²) < 4.78 is 4.93. The van der Waals surface area contributed by atoms with Crippen molar-refractivity contribution < 1.29 is 14.6 Å². The predicted octanol–water partition coefficient (Wildman–Crippen LogP) is 4.15. The lowest BCUT2D eigenvalue weighted by Crippen LogP contribution is -2.16. The summed E-state index contributed by atoms with van der Waals surface area (Å²) >= 11 is 5.91. The SMILES string of the molecule is COC(=O)C(CCC(CO)c1ccccc1)c1ccc(Cl)cc1. The van der Waals surface area contributed by atoms with E-state index in [-0.39, 0.29) is 24.4 Å². The maximum Gasteiger partial charge on any atom is 0.313 e. The van der Waals surface area contributed by atoms with E-state index in [0.717, 1.165) is 11.1 Å². The van der Waals surface area contributed by atoms with Crippen LogP contribution in [0.1, 0.15) is 35.8 Å². The number of rotatable bonds is 7. The van der Waals surface area contributed by atoms with Gasteiger partial charge >= 0.3 is 5.97 Å². The first-order valence-corrected chi connectivity index (χ1v) is 8.02. The zero-order valence-corrected chi connectivity index (χ0v) is 13.9. The second-order valence-electron chi connectivity index (χ2n) is 5.49. The highest BCUT2D eigenvalue weighted by molar-refractivity contribution is 6.30. The standard InChI is InChI=1S/C19H21ClO3/c1-23-19(22)18(15-7-10-17(20)11-8-15)12-9-16(13-21)14-5-3-2-4-6-14/h2-8,10-11,16,18,21H,9,12-13H2,1H3. The summed E-state index contributed by atoms with van der Waals surface area (Å²) in [7, 11) is 1.39. The zero-order chi connectivity index (χ0) is 16.7. The van der Waals surface area contributed by atoms with Crippen LogP contribution in [0.3, 0.4) is 0 Å². The number of carbonyl (C=O) groups excluding carboxylic acids is 1. The average molecular weight is 333 g/mol. The number of aliphatic hydroxyl groups excluding tert-OH is 1. The second kappa shape index (κ2) is 8.70. The van der Waals surface area contributed by atoms with Crippen LogP contribution in [0.5, 0.6) is 0 Å². The third-order valence-electron chi connectivity index (χ3n) is 4.05. The summed E-state index contributed by atoms with van der Waals surface area (Å²) in [4.78, 5) is 12.1. The number of halogens is 1. The number of hydrogen-bond donors (Lipinski definition) is 1. The Bertz CT molecular complexity index is 610. The van der Waals surface area contributed by atoms with Crippen LogP contribution >= 0.6 is 11.6 Å². The fourth-order valence-corrected chi connectivity index (χ4v) is 2.84. The van der Waals surface area contributed by atoms with Crippen molar-refractivity contribution in [1.29, 1.82) is 0 Å². The first-order valence-electron chi connectivity index (χ1n) is 7.64. The number of methoxy groups -OCH3 is 1. The third-order valence-corrected chi connectivity index (χ3v) is 4.31. The quantitative estimate of drug-likeness (QED) is 0.775. The minimum Gasteiger partial charge on any atom is -0.469 e. The molecule has 0 aromatic heterocycles. The van der Waals surface area contributed by atoms with Crippen LogP contribution in [0, 0.1) is 0 Å². The molecular weight excluding hydrogens is 312 g/mol. The first kappa shape index (κ1) is 17.5. The van der Waals surface area contributed by atoms with Crippen molar-refractivity contribution in [2.24, 2.45) is 0 Å². The molecule has 0 aliphatic heterocycles. The smallest absolute Gasteiger partial charge is 0.313 e. The molecule has 0 radical (unpaired) electrons. The summed E-state index contributed by atoms with van der Waals surface area (Å²) in [5.41, 5.74) is 1.96. The van der Waals surface area contributed by atoms with Gasteiger partial charge in [0.2, 0.25) is 0 Å². The zero-order valence-electron chi connectivity index (χ0n) is 13.1. The van der Waals surface area contributed by atoms with Gasteiger partial charge in [-0.25, -0.2) is 0 Å². The minimum atomic E-state index is -0.352. The molecule has 23 heavy (non-hydrogen) atoms. The molecular formula is C19H21ClO3. The second-order valence-corrected chi connectivity index (χ2v) is 5.93. The van der Waals surface area contributed by atoms with Gasteiger partial charge in [-0.2, -0.15) is 0 Å². The molecule has 0 heterocycles. The van der Waals surface area contributed by atoms with Crippen LogP contribution in [-0.2, 0) is 9.53 Å². The summed E-state index contributed by atoms with van der Waals surface area (Å²) in [6, 6.07) is 17.1. The molecule has 0 saturated heterocycles. The van der Waals surface area contributed by atoms with Crippen molar-refractivity contribution in [2.45, 2.75) is 24.7 Å². The van der Waals surface area contributed by atoms with Gasteiger partial charge in [0.15, 0.2) is 0 Å². The minimum absolute atomic E-state index is 0.00987. The van der Waals surface area contributed by atoms with Crippen molar-refractivity contribution in [3.8, 4) is 0 Å². The van der Waals surface area contributed by atoms with Crippen LogP contribution in [0.15, 0.2) is 54.6 Å². The third kappa shape index (κ3) is 4.81. The van der Waals surface area contributed by atoms with E-state index in [4.69, 9.17) is 16.3 Å². The molecule has 0 saturated carbocycles. The molecule has 2 rings (SSSR count). The van der Waals surface area contributed by atoms with Gasteiger partial charge in [-0.15, -0.1) is 0 Å². The fraction of sp³-hybridized carbons (Fsp3) is 0.316. The Labute approximate surface area is 141 Å². The normalized spacial score (nSPS) is 13.3. The van der Waals surface area contributed by atoms with Gasteiger partial charge < -0.3 is 9.84 Å².